The number of H-pyrrole nitrogens is 1. The first-order valence-electron chi connectivity index (χ1n) is 6.77. The molecule has 4 N–H and O–H groups in total. The number of benzene rings is 1. The molecule has 0 bridgehead atoms. The van der Waals surface area contributed by atoms with Crippen LogP contribution in [0.5, 0.6) is 5.75 Å². The second-order valence-electron chi connectivity index (χ2n) is 5.00. The maximum absolute atomic E-state index is 9.62. The fraction of sp³-hybridized carbons (Fsp3) is 0.0625. The Bertz CT molecular complexity index is 850. The molecule has 3 aromatic rings. The second-order valence-corrected chi connectivity index (χ2v) is 5.00. The van der Waals surface area contributed by atoms with Crippen LogP contribution in [0.3, 0.4) is 0 Å². The molecule has 1 aromatic carbocycles. The molecule has 0 saturated carbocycles. The van der Waals surface area contributed by atoms with Gasteiger partial charge >= 0.3 is 0 Å². The summed E-state index contributed by atoms with van der Waals surface area (Å²) in [6.45, 7) is 0.807. The Hall–Kier alpha value is -2.79. The number of aromatic hydroxyl groups is 1. The van der Waals surface area contributed by atoms with Crippen LogP contribution in [-0.4, -0.2) is 21.6 Å². The zero-order chi connectivity index (χ0) is 14.2. The van der Waals surface area contributed by atoms with E-state index in [0.717, 1.165) is 40.0 Å². The fourth-order valence-corrected chi connectivity index (χ4v) is 2.60. The average Bonchev–Trinajstić information content (AvgIpc) is 3.15. The van der Waals surface area contributed by atoms with Gasteiger partial charge in [-0.2, -0.15) is 0 Å². The van der Waals surface area contributed by atoms with Gasteiger partial charge in [0.05, 0.1) is 5.70 Å². The molecule has 0 spiro atoms. The van der Waals surface area contributed by atoms with Gasteiger partial charge in [-0.25, -0.2) is 10.4 Å². The first kappa shape index (κ1) is 12.0. The number of phenolic OH excluding ortho intramolecular Hbond substituents is 1. The molecule has 5 heteroatoms. The van der Waals surface area contributed by atoms with Gasteiger partial charge < -0.3 is 15.5 Å². The van der Waals surface area contributed by atoms with Crippen LogP contribution in [-0.2, 0) is 0 Å². The molecule has 0 atom stereocenters. The van der Waals surface area contributed by atoms with Crippen molar-refractivity contribution < 1.29 is 5.11 Å². The fourth-order valence-electron chi connectivity index (χ4n) is 2.60. The molecule has 1 aliphatic heterocycles. The first-order chi connectivity index (χ1) is 10.3. The minimum absolute atomic E-state index is 0.256. The van der Waals surface area contributed by atoms with Crippen LogP contribution in [0.2, 0.25) is 0 Å². The highest BCUT2D eigenvalue weighted by atomic mass is 16.3. The van der Waals surface area contributed by atoms with E-state index < -0.39 is 0 Å². The van der Waals surface area contributed by atoms with Gasteiger partial charge in [-0.3, -0.25) is 0 Å². The van der Waals surface area contributed by atoms with Gasteiger partial charge in [0.2, 0.25) is 0 Å². The Balaban J connectivity index is 1.87. The third-order valence-electron chi connectivity index (χ3n) is 3.63. The number of phenols is 1. The standard InChI is InChI=1S/C16H14N4O/c21-12-3-1-2-10(6-12)11-7-13-14(15-4-5-19-20-15)9-18-16(13)17-8-11/h1-4,6-9,19-21H,5H2,(H,17,18). The third-order valence-corrected chi connectivity index (χ3v) is 3.63. The normalized spacial score (nSPS) is 14.2. The molecule has 1 aliphatic rings. The Morgan fingerprint density at radius 2 is 2.10 bits per heavy atom. The summed E-state index contributed by atoms with van der Waals surface area (Å²) >= 11 is 0. The number of hydrogen-bond acceptors (Lipinski definition) is 4. The number of hydrogen-bond donors (Lipinski definition) is 4. The van der Waals surface area contributed by atoms with Crippen LogP contribution in [0.15, 0.2) is 48.8 Å². The Morgan fingerprint density at radius 3 is 2.90 bits per heavy atom. The summed E-state index contributed by atoms with van der Waals surface area (Å²) in [6.07, 6.45) is 5.87. The quantitative estimate of drug-likeness (QED) is 0.581. The molecule has 4 rings (SSSR count). The molecule has 0 aliphatic carbocycles. The summed E-state index contributed by atoms with van der Waals surface area (Å²) in [6, 6.07) is 9.28. The topological polar surface area (TPSA) is 73.0 Å². The SMILES string of the molecule is Oc1cccc(-c2cnc3[nH]cc(C4=CCNN4)c3c2)c1. The molecular formula is C16H14N4O. The van der Waals surface area contributed by atoms with Crippen LogP contribution in [0, 0.1) is 0 Å². The van der Waals surface area contributed by atoms with E-state index in [1.165, 1.54) is 0 Å². The molecule has 3 heterocycles. The first-order valence-corrected chi connectivity index (χ1v) is 6.77. The van der Waals surface area contributed by atoms with Crippen LogP contribution >= 0.6 is 0 Å². The zero-order valence-corrected chi connectivity index (χ0v) is 11.2. The van der Waals surface area contributed by atoms with Crippen molar-refractivity contribution in [3.8, 4) is 16.9 Å². The highest BCUT2D eigenvalue weighted by Crippen LogP contribution is 2.29. The molecule has 21 heavy (non-hydrogen) atoms. The van der Waals surface area contributed by atoms with E-state index in [9.17, 15) is 5.11 Å². The lowest BCUT2D eigenvalue weighted by atomic mass is 10.0. The van der Waals surface area contributed by atoms with Gasteiger partial charge in [0.25, 0.3) is 0 Å². The molecule has 104 valence electrons. The summed E-state index contributed by atoms with van der Waals surface area (Å²) in [5.74, 6) is 0.256. The van der Waals surface area contributed by atoms with Crippen molar-refractivity contribution >= 4 is 16.7 Å². The number of nitrogens with zero attached hydrogens (tertiary/aromatic N) is 1. The van der Waals surface area contributed by atoms with E-state index in [1.54, 1.807) is 12.1 Å². The largest absolute Gasteiger partial charge is 0.508 e. The number of hydrazine groups is 1. The summed E-state index contributed by atoms with van der Waals surface area (Å²) in [5.41, 5.74) is 11.1. The van der Waals surface area contributed by atoms with Gasteiger partial charge in [-0.05, 0) is 29.8 Å². The number of pyridine rings is 1. The van der Waals surface area contributed by atoms with Crippen molar-refractivity contribution in [3.63, 3.8) is 0 Å². The van der Waals surface area contributed by atoms with Crippen molar-refractivity contribution in [3.05, 3.63) is 54.4 Å². The van der Waals surface area contributed by atoms with E-state index in [4.69, 9.17) is 0 Å². The molecule has 0 fully saturated rings. The van der Waals surface area contributed by atoms with E-state index in [-0.39, 0.29) is 5.75 Å². The molecule has 0 radical (unpaired) electrons. The van der Waals surface area contributed by atoms with E-state index in [2.05, 4.69) is 33.0 Å². The zero-order valence-electron chi connectivity index (χ0n) is 11.2. The highest BCUT2D eigenvalue weighted by molar-refractivity contribution is 5.92. The molecule has 0 saturated heterocycles. The Labute approximate surface area is 121 Å². The second kappa shape index (κ2) is 4.64. The van der Waals surface area contributed by atoms with Gasteiger partial charge in [-0.15, -0.1) is 0 Å². The summed E-state index contributed by atoms with van der Waals surface area (Å²) in [4.78, 5) is 7.65. The van der Waals surface area contributed by atoms with E-state index in [0.29, 0.717) is 0 Å². The number of aromatic amines is 1. The number of rotatable bonds is 2. The molecular weight excluding hydrogens is 264 g/mol. The van der Waals surface area contributed by atoms with Crippen molar-refractivity contribution in [2.45, 2.75) is 0 Å². The molecule has 2 aromatic heterocycles. The third kappa shape index (κ3) is 2.04. The average molecular weight is 278 g/mol. The number of nitrogens with one attached hydrogen (secondary N) is 3. The summed E-state index contributed by atoms with van der Waals surface area (Å²) < 4.78 is 0. The van der Waals surface area contributed by atoms with Crippen LogP contribution in [0.4, 0.5) is 0 Å². The van der Waals surface area contributed by atoms with Crippen molar-refractivity contribution in [2.24, 2.45) is 0 Å². The van der Waals surface area contributed by atoms with Crippen molar-refractivity contribution in [2.75, 3.05) is 6.54 Å². The molecule has 0 amide bonds. The summed E-state index contributed by atoms with van der Waals surface area (Å²) in [7, 11) is 0. The van der Waals surface area contributed by atoms with Crippen LogP contribution in [0.1, 0.15) is 5.56 Å². The van der Waals surface area contributed by atoms with Crippen LogP contribution in [0.25, 0.3) is 27.9 Å². The van der Waals surface area contributed by atoms with E-state index in [1.807, 2.05) is 24.5 Å². The number of aromatic nitrogens is 2. The predicted molar refractivity (Wildman–Crippen MR) is 82.3 cm³/mol. The number of fused-ring (bicyclic) bond motifs is 1. The lowest BCUT2D eigenvalue weighted by Gasteiger charge is -2.05. The highest BCUT2D eigenvalue weighted by Gasteiger charge is 2.13. The van der Waals surface area contributed by atoms with Crippen molar-refractivity contribution in [1.29, 1.82) is 0 Å². The summed E-state index contributed by atoms with van der Waals surface area (Å²) in [5, 5.41) is 10.7. The Morgan fingerprint density at radius 1 is 1.14 bits per heavy atom. The minimum atomic E-state index is 0.256. The van der Waals surface area contributed by atoms with Crippen molar-refractivity contribution in [1.82, 2.24) is 20.8 Å². The smallest absolute Gasteiger partial charge is 0.137 e. The van der Waals surface area contributed by atoms with E-state index >= 15 is 0 Å². The van der Waals surface area contributed by atoms with Gasteiger partial charge in [0, 0.05) is 35.5 Å². The van der Waals surface area contributed by atoms with Gasteiger partial charge in [-0.1, -0.05) is 12.1 Å². The lowest BCUT2D eigenvalue weighted by Crippen LogP contribution is -2.22. The minimum Gasteiger partial charge on any atom is -0.508 e. The molecule has 5 nitrogen and oxygen atoms in total. The Kier molecular flexibility index (Phi) is 2.65. The maximum Gasteiger partial charge on any atom is 0.137 e. The van der Waals surface area contributed by atoms with Gasteiger partial charge in [0.15, 0.2) is 0 Å². The van der Waals surface area contributed by atoms with Gasteiger partial charge in [0.1, 0.15) is 11.4 Å². The monoisotopic (exact) mass is 278 g/mol. The predicted octanol–water partition coefficient (Wildman–Crippen LogP) is 2.38. The lowest BCUT2D eigenvalue weighted by molar-refractivity contribution is 0.475. The van der Waals surface area contributed by atoms with Crippen LogP contribution < -0.4 is 10.9 Å². The maximum atomic E-state index is 9.62. The molecule has 0 unspecified atom stereocenters.